The lowest BCUT2D eigenvalue weighted by atomic mass is 10.0. The summed E-state index contributed by atoms with van der Waals surface area (Å²) in [5, 5.41) is 0. The van der Waals surface area contributed by atoms with E-state index < -0.39 is 0 Å². The Hall–Kier alpha value is -0.120. The summed E-state index contributed by atoms with van der Waals surface area (Å²) < 4.78 is 5.65. The van der Waals surface area contributed by atoms with E-state index in [4.69, 9.17) is 10.5 Å². The number of rotatable bonds is 4. The molecule has 1 saturated heterocycles. The number of nitrogens with two attached hydrogens (primary N) is 1. The van der Waals surface area contributed by atoms with Crippen LogP contribution in [0.25, 0.3) is 0 Å². The zero-order chi connectivity index (χ0) is 10.9. The molecule has 1 aliphatic carbocycles. The minimum Gasteiger partial charge on any atom is -0.376 e. The highest BCUT2D eigenvalue weighted by Crippen LogP contribution is 2.49. The molecule has 0 aromatic carbocycles. The van der Waals surface area contributed by atoms with Crippen molar-refractivity contribution in [2.75, 3.05) is 26.2 Å². The molecule has 0 radical (unpaired) electrons. The lowest BCUT2D eigenvalue weighted by Crippen LogP contribution is -2.49. The summed E-state index contributed by atoms with van der Waals surface area (Å²) in [5.41, 5.74) is 6.25. The molecule has 0 spiro atoms. The highest BCUT2D eigenvalue weighted by atomic mass is 16.5. The molecule has 15 heavy (non-hydrogen) atoms. The van der Waals surface area contributed by atoms with Gasteiger partial charge in [0.15, 0.2) is 0 Å². The second-order valence-electron chi connectivity index (χ2n) is 5.46. The third-order valence-corrected chi connectivity index (χ3v) is 3.91. The Bertz CT molecular complexity index is 216. The van der Waals surface area contributed by atoms with Crippen molar-refractivity contribution < 1.29 is 4.74 Å². The molecule has 2 unspecified atom stereocenters. The molecule has 0 aromatic heterocycles. The lowest BCUT2D eigenvalue weighted by molar-refractivity contribution is -0.0560. The monoisotopic (exact) mass is 212 g/mol. The fourth-order valence-electron chi connectivity index (χ4n) is 2.59. The molecule has 1 aliphatic heterocycles. The van der Waals surface area contributed by atoms with E-state index in [9.17, 15) is 0 Å². The van der Waals surface area contributed by atoms with Crippen LogP contribution in [0.15, 0.2) is 0 Å². The van der Waals surface area contributed by atoms with Crippen LogP contribution in [-0.2, 0) is 4.74 Å². The number of ether oxygens (including phenoxy) is 1. The Morgan fingerprint density at radius 3 is 2.73 bits per heavy atom. The van der Waals surface area contributed by atoms with Gasteiger partial charge in [-0.25, -0.2) is 0 Å². The second-order valence-corrected chi connectivity index (χ2v) is 5.46. The maximum absolute atomic E-state index is 5.68. The topological polar surface area (TPSA) is 38.5 Å². The van der Waals surface area contributed by atoms with Gasteiger partial charge in [0.1, 0.15) is 0 Å². The molecule has 0 bridgehead atoms. The van der Waals surface area contributed by atoms with Crippen LogP contribution in [0.1, 0.15) is 33.1 Å². The van der Waals surface area contributed by atoms with Crippen LogP contribution in [0.5, 0.6) is 0 Å². The molecule has 88 valence electrons. The fraction of sp³-hybridized carbons (Fsp3) is 1.00. The van der Waals surface area contributed by atoms with Crippen molar-refractivity contribution in [3.63, 3.8) is 0 Å². The Balaban J connectivity index is 1.87. The molecule has 2 N–H and O–H groups in total. The minimum atomic E-state index is 0.398. The lowest BCUT2D eigenvalue weighted by Gasteiger charge is -2.39. The van der Waals surface area contributed by atoms with Crippen LogP contribution in [0.2, 0.25) is 0 Å². The summed E-state index contributed by atoms with van der Waals surface area (Å²) in [6, 6.07) is 0.580. The van der Waals surface area contributed by atoms with E-state index in [-0.39, 0.29) is 0 Å². The van der Waals surface area contributed by atoms with Gasteiger partial charge in [-0.05, 0) is 45.1 Å². The maximum atomic E-state index is 5.68. The Morgan fingerprint density at radius 1 is 1.40 bits per heavy atom. The minimum absolute atomic E-state index is 0.398. The molecule has 3 nitrogen and oxygen atoms in total. The van der Waals surface area contributed by atoms with E-state index in [0.717, 1.165) is 19.7 Å². The van der Waals surface area contributed by atoms with E-state index in [1.807, 2.05) is 0 Å². The molecule has 2 fully saturated rings. The van der Waals surface area contributed by atoms with Crippen LogP contribution in [-0.4, -0.2) is 43.3 Å². The van der Waals surface area contributed by atoms with Gasteiger partial charge in [0, 0.05) is 19.1 Å². The zero-order valence-electron chi connectivity index (χ0n) is 10.0. The number of hydrogen-bond donors (Lipinski definition) is 1. The van der Waals surface area contributed by atoms with Gasteiger partial charge >= 0.3 is 0 Å². The predicted molar refractivity (Wildman–Crippen MR) is 61.8 cm³/mol. The summed E-state index contributed by atoms with van der Waals surface area (Å²) in [4.78, 5) is 2.59. The summed E-state index contributed by atoms with van der Waals surface area (Å²) in [6.45, 7) is 8.49. The fourth-order valence-corrected chi connectivity index (χ4v) is 2.59. The van der Waals surface area contributed by atoms with Gasteiger partial charge in [-0.1, -0.05) is 0 Å². The van der Waals surface area contributed by atoms with Crippen molar-refractivity contribution in [3.05, 3.63) is 0 Å². The summed E-state index contributed by atoms with van der Waals surface area (Å²) in [7, 11) is 0. The average molecular weight is 212 g/mol. The molecule has 2 atom stereocenters. The maximum Gasteiger partial charge on any atom is 0.0674 e. The van der Waals surface area contributed by atoms with E-state index in [1.165, 1.54) is 25.8 Å². The van der Waals surface area contributed by atoms with Crippen LogP contribution in [0, 0.1) is 5.41 Å². The van der Waals surface area contributed by atoms with E-state index in [0.29, 0.717) is 17.6 Å². The second kappa shape index (κ2) is 4.40. The van der Waals surface area contributed by atoms with E-state index in [2.05, 4.69) is 18.7 Å². The van der Waals surface area contributed by atoms with Crippen molar-refractivity contribution in [2.45, 2.75) is 45.3 Å². The van der Waals surface area contributed by atoms with Crippen LogP contribution in [0.4, 0.5) is 0 Å². The van der Waals surface area contributed by atoms with Crippen molar-refractivity contribution in [2.24, 2.45) is 11.1 Å². The third kappa shape index (κ3) is 2.71. The largest absolute Gasteiger partial charge is 0.376 e. The standard InChI is InChI=1S/C12H24N2O/c1-10-8-15-11(2)7-14(10)9-12(3-4-12)5-6-13/h10-11H,3-9,13H2,1-2H3. The van der Waals surface area contributed by atoms with Gasteiger partial charge in [0.05, 0.1) is 12.7 Å². The van der Waals surface area contributed by atoms with Crippen molar-refractivity contribution >= 4 is 0 Å². The van der Waals surface area contributed by atoms with Gasteiger partial charge in [0.25, 0.3) is 0 Å². The molecule has 1 heterocycles. The average Bonchev–Trinajstić information content (AvgIpc) is 2.92. The Morgan fingerprint density at radius 2 is 2.13 bits per heavy atom. The van der Waals surface area contributed by atoms with Gasteiger partial charge in [-0.15, -0.1) is 0 Å². The number of morpholine rings is 1. The highest BCUT2D eigenvalue weighted by Gasteiger charge is 2.44. The summed E-state index contributed by atoms with van der Waals surface area (Å²) in [6.07, 6.45) is 4.35. The molecule has 3 heteroatoms. The van der Waals surface area contributed by atoms with Crippen molar-refractivity contribution in [3.8, 4) is 0 Å². The normalized spacial score (nSPS) is 35.4. The molecular formula is C12H24N2O. The first-order valence-corrected chi connectivity index (χ1v) is 6.21. The van der Waals surface area contributed by atoms with Crippen molar-refractivity contribution in [1.82, 2.24) is 4.90 Å². The third-order valence-electron chi connectivity index (χ3n) is 3.91. The van der Waals surface area contributed by atoms with Crippen molar-refractivity contribution in [1.29, 1.82) is 0 Å². The number of nitrogens with zero attached hydrogens (tertiary/aromatic N) is 1. The Kier molecular flexibility index (Phi) is 3.33. The highest BCUT2D eigenvalue weighted by molar-refractivity contribution is 4.97. The quantitative estimate of drug-likeness (QED) is 0.761. The molecule has 0 aromatic rings. The molecule has 2 aliphatic rings. The molecule has 0 amide bonds. The summed E-state index contributed by atoms with van der Waals surface area (Å²) >= 11 is 0. The Labute approximate surface area is 93.0 Å². The van der Waals surface area contributed by atoms with Crippen LogP contribution >= 0.6 is 0 Å². The van der Waals surface area contributed by atoms with Gasteiger partial charge in [-0.3, -0.25) is 4.90 Å². The first-order chi connectivity index (χ1) is 7.15. The van der Waals surface area contributed by atoms with Gasteiger partial charge < -0.3 is 10.5 Å². The SMILES string of the molecule is CC1CN(CC2(CCN)CC2)C(C)CO1. The molecule has 1 saturated carbocycles. The van der Waals surface area contributed by atoms with Crippen LogP contribution in [0.3, 0.4) is 0 Å². The smallest absolute Gasteiger partial charge is 0.0674 e. The van der Waals surface area contributed by atoms with Gasteiger partial charge in [0.2, 0.25) is 0 Å². The first-order valence-electron chi connectivity index (χ1n) is 6.21. The van der Waals surface area contributed by atoms with Crippen LogP contribution < -0.4 is 5.73 Å². The predicted octanol–water partition coefficient (Wildman–Crippen LogP) is 1.22. The number of hydrogen-bond acceptors (Lipinski definition) is 3. The van der Waals surface area contributed by atoms with E-state index >= 15 is 0 Å². The molecule has 2 rings (SSSR count). The first kappa shape index (κ1) is 11.4. The van der Waals surface area contributed by atoms with E-state index in [1.54, 1.807) is 0 Å². The molecular weight excluding hydrogens is 188 g/mol. The summed E-state index contributed by atoms with van der Waals surface area (Å²) in [5.74, 6) is 0. The zero-order valence-corrected chi connectivity index (χ0v) is 10.0. The van der Waals surface area contributed by atoms with Gasteiger partial charge in [-0.2, -0.15) is 0 Å².